The minimum absolute atomic E-state index is 0.289. The molecule has 0 aliphatic carbocycles. The summed E-state index contributed by atoms with van der Waals surface area (Å²) in [4.78, 5) is 4.85. The normalized spacial score (nSPS) is 16.6. The fourth-order valence-electron chi connectivity index (χ4n) is 3.28. The molecule has 4 rings (SSSR count). The molecule has 0 atom stereocenters. The van der Waals surface area contributed by atoms with Crippen molar-refractivity contribution in [3.8, 4) is 23.0 Å². The van der Waals surface area contributed by atoms with Gasteiger partial charge in [0.05, 0.1) is 7.11 Å². The van der Waals surface area contributed by atoms with Crippen LogP contribution < -0.4 is 23.8 Å². The minimum atomic E-state index is 0.289. The van der Waals surface area contributed by atoms with Gasteiger partial charge in [0.25, 0.3) is 0 Å². The van der Waals surface area contributed by atoms with Crippen LogP contribution >= 0.6 is 0 Å². The van der Waals surface area contributed by atoms with Crippen molar-refractivity contribution >= 4 is 5.69 Å². The second-order valence-corrected chi connectivity index (χ2v) is 6.39. The van der Waals surface area contributed by atoms with Gasteiger partial charge in [-0.25, -0.2) is 0 Å². The van der Waals surface area contributed by atoms with E-state index in [4.69, 9.17) is 18.9 Å². The lowest BCUT2D eigenvalue weighted by Gasteiger charge is -2.36. The molecule has 0 N–H and O–H groups in total. The molecule has 2 aromatic rings. The average molecular weight is 356 g/mol. The van der Waals surface area contributed by atoms with Gasteiger partial charge in [0.1, 0.15) is 18.1 Å². The van der Waals surface area contributed by atoms with Crippen LogP contribution in [-0.4, -0.2) is 58.1 Å². The van der Waals surface area contributed by atoms with Crippen LogP contribution in [0.2, 0.25) is 0 Å². The number of nitrogens with zero attached hydrogens (tertiary/aromatic N) is 2. The Balaban J connectivity index is 1.21. The second kappa shape index (κ2) is 7.74. The van der Waals surface area contributed by atoms with Gasteiger partial charge in [-0.1, -0.05) is 0 Å². The third kappa shape index (κ3) is 3.80. The molecule has 2 heterocycles. The lowest BCUT2D eigenvalue weighted by molar-refractivity contribution is 0.173. The van der Waals surface area contributed by atoms with E-state index < -0.39 is 0 Å². The van der Waals surface area contributed by atoms with Crippen LogP contribution in [-0.2, 0) is 0 Å². The van der Waals surface area contributed by atoms with Crippen molar-refractivity contribution in [1.29, 1.82) is 0 Å². The van der Waals surface area contributed by atoms with Crippen molar-refractivity contribution in [1.82, 2.24) is 4.90 Å². The van der Waals surface area contributed by atoms with Crippen LogP contribution in [0.3, 0.4) is 0 Å². The number of methoxy groups -OCH3 is 1. The van der Waals surface area contributed by atoms with E-state index in [1.165, 1.54) is 5.69 Å². The SMILES string of the molecule is COc1ccc(N2CCN(CCOc3ccc4c(c3)OCO4)CC2)cc1. The molecule has 26 heavy (non-hydrogen) atoms. The Morgan fingerprint density at radius 2 is 1.62 bits per heavy atom. The topological polar surface area (TPSA) is 43.4 Å². The smallest absolute Gasteiger partial charge is 0.231 e. The molecule has 6 nitrogen and oxygen atoms in total. The van der Waals surface area contributed by atoms with Gasteiger partial charge in [-0.15, -0.1) is 0 Å². The summed E-state index contributed by atoms with van der Waals surface area (Å²) in [7, 11) is 1.69. The molecule has 0 bridgehead atoms. The van der Waals surface area contributed by atoms with E-state index in [0.717, 1.165) is 55.7 Å². The third-order valence-corrected chi connectivity index (χ3v) is 4.83. The van der Waals surface area contributed by atoms with Gasteiger partial charge in [-0.2, -0.15) is 0 Å². The van der Waals surface area contributed by atoms with E-state index >= 15 is 0 Å². The zero-order chi connectivity index (χ0) is 17.8. The van der Waals surface area contributed by atoms with Crippen LogP contribution in [0.15, 0.2) is 42.5 Å². The van der Waals surface area contributed by atoms with Gasteiger partial charge in [-0.3, -0.25) is 4.90 Å². The first-order valence-electron chi connectivity index (χ1n) is 8.95. The highest BCUT2D eigenvalue weighted by Gasteiger charge is 2.18. The molecular formula is C20H24N2O4. The fraction of sp³-hybridized carbons (Fsp3) is 0.400. The monoisotopic (exact) mass is 356 g/mol. The van der Waals surface area contributed by atoms with Crippen LogP contribution in [0.5, 0.6) is 23.0 Å². The molecule has 2 aromatic carbocycles. The van der Waals surface area contributed by atoms with E-state index in [2.05, 4.69) is 21.9 Å². The molecule has 0 unspecified atom stereocenters. The van der Waals surface area contributed by atoms with Crippen LogP contribution in [0, 0.1) is 0 Å². The molecule has 0 amide bonds. The Kier molecular flexibility index (Phi) is 5.02. The third-order valence-electron chi connectivity index (χ3n) is 4.83. The Labute approximate surface area is 153 Å². The lowest BCUT2D eigenvalue weighted by Crippen LogP contribution is -2.47. The van der Waals surface area contributed by atoms with E-state index in [0.29, 0.717) is 6.61 Å². The minimum Gasteiger partial charge on any atom is -0.497 e. The highest BCUT2D eigenvalue weighted by atomic mass is 16.7. The zero-order valence-electron chi connectivity index (χ0n) is 15.0. The van der Waals surface area contributed by atoms with Crippen LogP contribution in [0.4, 0.5) is 5.69 Å². The first-order valence-corrected chi connectivity index (χ1v) is 8.95. The molecule has 2 aliphatic heterocycles. The molecule has 0 radical (unpaired) electrons. The Morgan fingerprint density at radius 1 is 0.885 bits per heavy atom. The van der Waals surface area contributed by atoms with Crippen LogP contribution in [0.25, 0.3) is 0 Å². The summed E-state index contributed by atoms with van der Waals surface area (Å²) in [5, 5.41) is 0. The summed E-state index contributed by atoms with van der Waals surface area (Å²) < 4.78 is 21.8. The van der Waals surface area contributed by atoms with Crippen molar-refractivity contribution in [2.45, 2.75) is 0 Å². The molecule has 0 aromatic heterocycles. The molecule has 0 spiro atoms. The predicted octanol–water partition coefficient (Wildman–Crippen LogP) is 2.62. The zero-order valence-corrected chi connectivity index (χ0v) is 15.0. The molecule has 1 saturated heterocycles. The van der Waals surface area contributed by atoms with Crippen molar-refractivity contribution in [2.75, 3.05) is 58.1 Å². The number of hydrogen-bond donors (Lipinski definition) is 0. The average Bonchev–Trinajstić information content (AvgIpc) is 3.16. The Hall–Kier alpha value is -2.60. The van der Waals surface area contributed by atoms with Gasteiger partial charge < -0.3 is 23.8 Å². The maximum Gasteiger partial charge on any atom is 0.231 e. The predicted molar refractivity (Wildman–Crippen MR) is 99.7 cm³/mol. The molecule has 1 fully saturated rings. The number of anilines is 1. The highest BCUT2D eigenvalue weighted by molar-refractivity contribution is 5.49. The van der Waals surface area contributed by atoms with Crippen molar-refractivity contribution in [3.05, 3.63) is 42.5 Å². The number of ether oxygens (including phenoxy) is 4. The number of rotatable bonds is 6. The lowest BCUT2D eigenvalue weighted by atomic mass is 10.2. The number of benzene rings is 2. The molecular weight excluding hydrogens is 332 g/mol. The molecule has 138 valence electrons. The number of hydrogen-bond acceptors (Lipinski definition) is 6. The highest BCUT2D eigenvalue weighted by Crippen LogP contribution is 2.35. The van der Waals surface area contributed by atoms with Crippen LogP contribution in [0.1, 0.15) is 0 Å². The summed E-state index contributed by atoms with van der Waals surface area (Å²) in [5.74, 6) is 3.27. The number of fused-ring (bicyclic) bond motifs is 1. The van der Waals surface area contributed by atoms with Gasteiger partial charge in [0.2, 0.25) is 6.79 Å². The second-order valence-electron chi connectivity index (χ2n) is 6.39. The van der Waals surface area contributed by atoms with E-state index in [1.807, 2.05) is 30.3 Å². The molecule has 0 saturated carbocycles. The van der Waals surface area contributed by atoms with Crippen molar-refractivity contribution in [3.63, 3.8) is 0 Å². The standard InChI is InChI=1S/C20H24N2O4/c1-23-17-4-2-16(3-5-17)22-10-8-21(9-11-22)12-13-24-18-6-7-19-20(14-18)26-15-25-19/h2-7,14H,8-13,15H2,1H3. The largest absolute Gasteiger partial charge is 0.497 e. The number of piperazine rings is 1. The van der Waals surface area contributed by atoms with Gasteiger partial charge in [-0.05, 0) is 36.4 Å². The molecule has 6 heteroatoms. The first kappa shape index (κ1) is 16.8. The van der Waals surface area contributed by atoms with E-state index in [9.17, 15) is 0 Å². The van der Waals surface area contributed by atoms with Gasteiger partial charge in [0.15, 0.2) is 11.5 Å². The quantitative estimate of drug-likeness (QED) is 0.793. The summed E-state index contributed by atoms with van der Waals surface area (Å²) in [6.07, 6.45) is 0. The van der Waals surface area contributed by atoms with E-state index in [1.54, 1.807) is 7.11 Å². The summed E-state index contributed by atoms with van der Waals surface area (Å²) in [6.45, 7) is 6.00. The Morgan fingerprint density at radius 3 is 2.38 bits per heavy atom. The first-order chi connectivity index (χ1) is 12.8. The Bertz CT molecular complexity index is 727. The molecule has 2 aliphatic rings. The van der Waals surface area contributed by atoms with Gasteiger partial charge in [0, 0.05) is 44.5 Å². The van der Waals surface area contributed by atoms with E-state index in [-0.39, 0.29) is 6.79 Å². The van der Waals surface area contributed by atoms with Crippen molar-refractivity contribution < 1.29 is 18.9 Å². The fourth-order valence-corrected chi connectivity index (χ4v) is 3.28. The summed E-state index contributed by atoms with van der Waals surface area (Å²) in [5.41, 5.74) is 1.25. The summed E-state index contributed by atoms with van der Waals surface area (Å²) in [6, 6.07) is 14.0. The maximum atomic E-state index is 5.87. The maximum absolute atomic E-state index is 5.87. The van der Waals surface area contributed by atoms with Gasteiger partial charge >= 0.3 is 0 Å². The van der Waals surface area contributed by atoms with Crippen molar-refractivity contribution in [2.24, 2.45) is 0 Å². The summed E-state index contributed by atoms with van der Waals surface area (Å²) >= 11 is 0.